The first-order valence-electron chi connectivity index (χ1n) is 12.0. The fourth-order valence-electron chi connectivity index (χ4n) is 4.37. The van der Waals surface area contributed by atoms with Crippen LogP contribution < -0.4 is 14.9 Å². The van der Waals surface area contributed by atoms with Gasteiger partial charge in [0.05, 0.1) is 38.3 Å². The highest BCUT2D eigenvalue weighted by Gasteiger charge is 2.27. The molecule has 0 bridgehead atoms. The van der Waals surface area contributed by atoms with Gasteiger partial charge in [-0.25, -0.2) is 18.4 Å². The molecule has 4 heterocycles. The maximum atomic E-state index is 12.0. The van der Waals surface area contributed by atoms with Crippen molar-refractivity contribution in [3.63, 3.8) is 0 Å². The molecule has 1 aromatic carbocycles. The molecular weight excluding hydrogens is 516 g/mol. The molecule has 0 unspecified atom stereocenters. The number of sulfonamides is 1. The van der Waals surface area contributed by atoms with E-state index in [9.17, 15) is 8.42 Å². The zero-order valence-corrected chi connectivity index (χ0v) is 22.3. The average Bonchev–Trinajstić information content (AvgIpc) is 3.05. The Balaban J connectivity index is 1.28. The van der Waals surface area contributed by atoms with Gasteiger partial charge in [-0.3, -0.25) is 14.2 Å². The van der Waals surface area contributed by atoms with Crippen molar-refractivity contribution >= 4 is 44.9 Å². The van der Waals surface area contributed by atoms with Crippen LogP contribution in [-0.4, -0.2) is 78.9 Å². The lowest BCUT2D eigenvalue weighted by Gasteiger charge is -2.36. The molecule has 3 aromatic rings. The van der Waals surface area contributed by atoms with Crippen LogP contribution in [0.3, 0.4) is 0 Å². The van der Waals surface area contributed by atoms with Gasteiger partial charge in [0.1, 0.15) is 10.7 Å². The molecule has 1 saturated heterocycles. The lowest BCUT2D eigenvalue weighted by atomic mass is 10.0. The smallest absolute Gasteiger partial charge is 0.233 e. The molecule has 2 aliphatic heterocycles. The number of hydrogen-bond acceptors (Lipinski definition) is 10. The van der Waals surface area contributed by atoms with Crippen LogP contribution in [0, 0.1) is 0 Å². The van der Waals surface area contributed by atoms with Crippen LogP contribution in [-0.2, 0) is 34.1 Å². The van der Waals surface area contributed by atoms with E-state index in [2.05, 4.69) is 47.6 Å². The van der Waals surface area contributed by atoms with Crippen molar-refractivity contribution < 1.29 is 13.2 Å². The number of nitrogens with zero attached hydrogens (tertiary/aromatic N) is 6. The van der Waals surface area contributed by atoms with Crippen molar-refractivity contribution in [3.05, 3.63) is 58.6 Å². The maximum absolute atomic E-state index is 12.0. The summed E-state index contributed by atoms with van der Waals surface area (Å²) in [7, 11) is -2.06. The minimum atomic E-state index is -3.49. The molecule has 0 aliphatic carbocycles. The van der Waals surface area contributed by atoms with Gasteiger partial charge in [-0.2, -0.15) is 4.98 Å². The molecule has 0 spiro atoms. The molecule has 37 heavy (non-hydrogen) atoms. The zero-order chi connectivity index (χ0) is 26.0. The van der Waals surface area contributed by atoms with Gasteiger partial charge in [0.25, 0.3) is 0 Å². The monoisotopic (exact) mass is 544 g/mol. The molecule has 196 valence electrons. The number of anilines is 4. The standard InChI is InChI=1S/C24H29ClN8O3S/c1-32(37(2,34)35)23-21(26-7-8-27-23)13-28-22-20(25)12-29-24(31-22)30-18-4-3-16-5-9-33(19-14-36-15-19)10-6-17(16)11-18/h3-4,7-8,11-12,19H,5-6,9-10,13-15H2,1-2H3,(H2,28,29,30,31). The fraction of sp³-hybridized carbons (Fsp3) is 0.417. The van der Waals surface area contributed by atoms with Gasteiger partial charge >= 0.3 is 0 Å². The van der Waals surface area contributed by atoms with Crippen LogP contribution in [0.15, 0.2) is 36.8 Å². The van der Waals surface area contributed by atoms with Gasteiger partial charge in [0.15, 0.2) is 11.6 Å². The highest BCUT2D eigenvalue weighted by Crippen LogP contribution is 2.26. The van der Waals surface area contributed by atoms with E-state index in [0.29, 0.717) is 28.5 Å². The highest BCUT2D eigenvalue weighted by atomic mass is 35.5. The van der Waals surface area contributed by atoms with Crippen LogP contribution in [0.5, 0.6) is 0 Å². The van der Waals surface area contributed by atoms with E-state index >= 15 is 0 Å². The molecule has 2 aliphatic rings. The number of hydrogen-bond donors (Lipinski definition) is 2. The summed E-state index contributed by atoms with van der Waals surface area (Å²) in [5.41, 5.74) is 4.03. The molecule has 11 nitrogen and oxygen atoms in total. The van der Waals surface area contributed by atoms with E-state index in [-0.39, 0.29) is 12.4 Å². The van der Waals surface area contributed by atoms with Crippen LogP contribution in [0.2, 0.25) is 5.02 Å². The van der Waals surface area contributed by atoms with E-state index in [1.54, 1.807) is 0 Å². The van der Waals surface area contributed by atoms with Gasteiger partial charge < -0.3 is 15.4 Å². The first-order valence-corrected chi connectivity index (χ1v) is 14.2. The molecule has 5 rings (SSSR count). The highest BCUT2D eigenvalue weighted by molar-refractivity contribution is 7.92. The first kappa shape index (κ1) is 25.6. The van der Waals surface area contributed by atoms with Crippen molar-refractivity contribution in [2.45, 2.75) is 25.4 Å². The number of fused-ring (bicyclic) bond motifs is 1. The van der Waals surface area contributed by atoms with Crippen molar-refractivity contribution in [3.8, 4) is 0 Å². The number of aromatic nitrogens is 4. The number of ether oxygens (including phenoxy) is 1. The largest absolute Gasteiger partial charge is 0.378 e. The predicted molar refractivity (Wildman–Crippen MR) is 143 cm³/mol. The van der Waals surface area contributed by atoms with Gasteiger partial charge in [-0.15, -0.1) is 0 Å². The third kappa shape index (κ3) is 5.93. The third-order valence-electron chi connectivity index (χ3n) is 6.65. The topological polar surface area (TPSA) is 125 Å². The van der Waals surface area contributed by atoms with Crippen LogP contribution in [0.25, 0.3) is 0 Å². The lowest BCUT2D eigenvalue weighted by Crippen LogP contribution is -2.49. The molecular formula is C24H29ClN8O3S. The van der Waals surface area contributed by atoms with Crippen molar-refractivity contribution in [1.29, 1.82) is 0 Å². The van der Waals surface area contributed by atoms with Crippen LogP contribution in [0.1, 0.15) is 16.8 Å². The summed E-state index contributed by atoms with van der Waals surface area (Å²) in [6.45, 7) is 3.91. The second-order valence-electron chi connectivity index (χ2n) is 9.14. The van der Waals surface area contributed by atoms with Crippen molar-refractivity contribution in [2.24, 2.45) is 0 Å². The summed E-state index contributed by atoms with van der Waals surface area (Å²) in [4.78, 5) is 19.8. The molecule has 2 N–H and O–H groups in total. The Kier molecular flexibility index (Phi) is 7.43. The fourth-order valence-corrected chi connectivity index (χ4v) is 5.00. The van der Waals surface area contributed by atoms with Crippen LogP contribution >= 0.6 is 11.6 Å². The zero-order valence-electron chi connectivity index (χ0n) is 20.7. The third-order valence-corrected chi connectivity index (χ3v) is 8.10. The molecule has 0 atom stereocenters. The summed E-state index contributed by atoms with van der Waals surface area (Å²) >= 11 is 6.34. The quantitative estimate of drug-likeness (QED) is 0.437. The van der Waals surface area contributed by atoms with Gasteiger partial charge in [0.2, 0.25) is 16.0 Å². The second kappa shape index (κ2) is 10.7. The van der Waals surface area contributed by atoms with E-state index < -0.39 is 10.0 Å². The van der Waals surface area contributed by atoms with E-state index in [1.807, 2.05) is 6.07 Å². The van der Waals surface area contributed by atoms with E-state index in [0.717, 1.165) is 55.4 Å². The number of nitrogens with one attached hydrogen (secondary N) is 2. The Labute approximate surface area is 221 Å². The molecule has 0 saturated carbocycles. The van der Waals surface area contributed by atoms with Crippen molar-refractivity contribution in [1.82, 2.24) is 24.8 Å². The summed E-state index contributed by atoms with van der Waals surface area (Å²) in [6, 6.07) is 6.92. The normalized spacial score (nSPS) is 16.4. The average molecular weight is 545 g/mol. The SMILES string of the molecule is CN(c1nccnc1CNc1nc(Nc2ccc3c(c2)CCN(C2COC2)CC3)ncc1Cl)S(C)(=O)=O. The molecule has 1 fully saturated rings. The van der Waals surface area contributed by atoms with Gasteiger partial charge in [-0.1, -0.05) is 17.7 Å². The second-order valence-corrected chi connectivity index (χ2v) is 11.6. The minimum absolute atomic E-state index is 0.167. The lowest BCUT2D eigenvalue weighted by molar-refractivity contribution is -0.0634. The number of benzene rings is 1. The molecule has 2 aromatic heterocycles. The summed E-state index contributed by atoms with van der Waals surface area (Å²) in [5, 5.41) is 6.73. The number of halogens is 1. The number of rotatable bonds is 8. The van der Waals surface area contributed by atoms with E-state index in [1.165, 1.54) is 36.8 Å². The van der Waals surface area contributed by atoms with Crippen molar-refractivity contribution in [2.75, 3.05) is 54.5 Å². The maximum Gasteiger partial charge on any atom is 0.233 e. The van der Waals surface area contributed by atoms with Gasteiger partial charge in [-0.05, 0) is 36.1 Å². The van der Waals surface area contributed by atoms with E-state index in [4.69, 9.17) is 16.3 Å². The molecule has 13 heteroatoms. The molecule has 0 amide bonds. The Morgan fingerprint density at radius 1 is 1.14 bits per heavy atom. The van der Waals surface area contributed by atoms with Crippen LogP contribution in [0.4, 0.5) is 23.3 Å². The minimum Gasteiger partial charge on any atom is -0.378 e. The Bertz CT molecular complexity index is 1390. The Morgan fingerprint density at radius 2 is 1.89 bits per heavy atom. The Hall–Kier alpha value is -3.06. The first-order chi connectivity index (χ1) is 17.8. The summed E-state index contributed by atoms with van der Waals surface area (Å²) in [5.74, 6) is 1.02. The summed E-state index contributed by atoms with van der Waals surface area (Å²) in [6.07, 6.45) is 7.58. The Morgan fingerprint density at radius 3 is 2.62 bits per heavy atom. The summed E-state index contributed by atoms with van der Waals surface area (Å²) < 4.78 is 30.4. The predicted octanol–water partition coefficient (Wildman–Crippen LogP) is 2.47. The molecule has 0 radical (unpaired) electrons. The van der Waals surface area contributed by atoms with Gasteiger partial charge in [0, 0.05) is 38.2 Å².